The highest BCUT2D eigenvalue weighted by molar-refractivity contribution is 5.16. The van der Waals surface area contributed by atoms with Gasteiger partial charge in [0.05, 0.1) is 6.54 Å². The minimum atomic E-state index is -0.179. The zero-order chi connectivity index (χ0) is 19.4. The van der Waals surface area contributed by atoms with Crippen molar-refractivity contribution in [2.75, 3.05) is 19.6 Å². The fraction of sp³-hybridized carbons (Fsp3) is 0.619. The van der Waals surface area contributed by atoms with E-state index < -0.39 is 0 Å². The maximum Gasteiger partial charge on any atom is 0.230 e. The predicted molar refractivity (Wildman–Crippen MR) is 104 cm³/mol. The lowest BCUT2D eigenvalue weighted by atomic mass is 10.0. The summed E-state index contributed by atoms with van der Waals surface area (Å²) in [6.07, 6.45) is 1.09. The van der Waals surface area contributed by atoms with Crippen LogP contribution in [0.15, 0.2) is 28.7 Å². The molecule has 27 heavy (non-hydrogen) atoms. The van der Waals surface area contributed by atoms with Gasteiger partial charge in [-0.15, -0.1) is 10.2 Å². The smallest absolute Gasteiger partial charge is 0.230 e. The van der Waals surface area contributed by atoms with Gasteiger partial charge in [0, 0.05) is 31.6 Å². The van der Waals surface area contributed by atoms with Gasteiger partial charge in [-0.2, -0.15) is 0 Å². The van der Waals surface area contributed by atoms with E-state index in [1.807, 2.05) is 12.1 Å². The van der Waals surface area contributed by atoms with Crippen LogP contribution in [-0.4, -0.2) is 45.7 Å². The lowest BCUT2D eigenvalue weighted by molar-refractivity contribution is 0.126. The van der Waals surface area contributed by atoms with Crippen molar-refractivity contribution in [3.63, 3.8) is 0 Å². The first-order chi connectivity index (χ1) is 12.9. The minimum absolute atomic E-state index is 0.179. The van der Waals surface area contributed by atoms with Crippen molar-refractivity contribution in [3.05, 3.63) is 47.4 Å². The highest BCUT2D eigenvalue weighted by atomic mass is 19.1. The average Bonchev–Trinajstić information content (AvgIpc) is 3.00. The van der Waals surface area contributed by atoms with Gasteiger partial charge in [0.15, 0.2) is 0 Å². The van der Waals surface area contributed by atoms with Crippen LogP contribution in [0, 0.1) is 11.7 Å². The Labute approximate surface area is 161 Å². The molecule has 0 amide bonds. The molecule has 0 radical (unpaired) electrons. The van der Waals surface area contributed by atoms with Crippen LogP contribution in [0.4, 0.5) is 4.39 Å². The van der Waals surface area contributed by atoms with Crippen LogP contribution in [0.3, 0.4) is 0 Å². The van der Waals surface area contributed by atoms with Crippen LogP contribution >= 0.6 is 0 Å². The van der Waals surface area contributed by atoms with Gasteiger partial charge in [0.25, 0.3) is 0 Å². The molecule has 0 aliphatic carbocycles. The van der Waals surface area contributed by atoms with E-state index in [2.05, 4.69) is 47.7 Å². The molecule has 1 atom stereocenters. The van der Waals surface area contributed by atoms with Crippen molar-refractivity contribution in [2.45, 2.75) is 59.2 Å². The number of hydrogen-bond acceptors (Lipinski definition) is 5. The van der Waals surface area contributed by atoms with Crippen LogP contribution in [0.2, 0.25) is 0 Å². The van der Waals surface area contributed by atoms with Crippen molar-refractivity contribution in [1.29, 1.82) is 0 Å². The zero-order valence-electron chi connectivity index (χ0n) is 16.9. The second kappa shape index (κ2) is 8.93. The van der Waals surface area contributed by atoms with Gasteiger partial charge in [-0.05, 0) is 36.6 Å². The Morgan fingerprint density at radius 3 is 2.44 bits per heavy atom. The Bertz CT molecular complexity index is 713. The summed E-state index contributed by atoms with van der Waals surface area (Å²) in [5.74, 6) is 2.01. The number of nitrogens with zero attached hydrogens (tertiary/aromatic N) is 4. The number of halogens is 1. The molecule has 148 valence electrons. The lowest BCUT2D eigenvalue weighted by Gasteiger charge is -2.34. The molecular weight excluding hydrogens is 343 g/mol. The van der Waals surface area contributed by atoms with Gasteiger partial charge in [0.2, 0.25) is 11.8 Å². The number of benzene rings is 1. The molecule has 1 aromatic heterocycles. The van der Waals surface area contributed by atoms with Gasteiger partial charge >= 0.3 is 0 Å². The molecule has 0 N–H and O–H groups in total. The van der Waals surface area contributed by atoms with E-state index in [1.54, 1.807) is 12.1 Å². The first-order valence-electron chi connectivity index (χ1n) is 9.95. The van der Waals surface area contributed by atoms with E-state index in [4.69, 9.17) is 4.42 Å². The monoisotopic (exact) mass is 374 g/mol. The summed E-state index contributed by atoms with van der Waals surface area (Å²) in [4.78, 5) is 4.96. The summed E-state index contributed by atoms with van der Waals surface area (Å²) in [6.45, 7) is 13.3. The van der Waals surface area contributed by atoms with E-state index in [1.165, 1.54) is 0 Å². The molecule has 1 saturated heterocycles. The minimum Gasteiger partial charge on any atom is -0.424 e. The number of hydrogen-bond donors (Lipinski definition) is 0. The molecule has 3 rings (SSSR count). The zero-order valence-corrected chi connectivity index (χ0v) is 16.9. The lowest BCUT2D eigenvalue weighted by Crippen LogP contribution is -2.43. The van der Waals surface area contributed by atoms with Gasteiger partial charge in [-0.25, -0.2) is 4.39 Å². The van der Waals surface area contributed by atoms with Crippen LogP contribution in [0.25, 0.3) is 0 Å². The summed E-state index contributed by atoms with van der Waals surface area (Å²) in [5, 5.41) is 8.37. The molecule has 1 aromatic carbocycles. The van der Waals surface area contributed by atoms with Gasteiger partial charge in [-0.1, -0.05) is 39.8 Å². The van der Waals surface area contributed by atoms with E-state index in [-0.39, 0.29) is 11.7 Å². The number of rotatable bonds is 6. The van der Waals surface area contributed by atoms with E-state index in [0.29, 0.717) is 30.3 Å². The third-order valence-corrected chi connectivity index (χ3v) is 5.24. The quantitative estimate of drug-likeness (QED) is 0.763. The van der Waals surface area contributed by atoms with E-state index in [0.717, 1.165) is 38.2 Å². The maximum absolute atomic E-state index is 13.2. The second-order valence-corrected chi connectivity index (χ2v) is 8.19. The molecule has 0 unspecified atom stereocenters. The predicted octanol–water partition coefficient (Wildman–Crippen LogP) is 4.06. The van der Waals surface area contributed by atoms with Crippen molar-refractivity contribution < 1.29 is 8.81 Å². The van der Waals surface area contributed by atoms with Crippen molar-refractivity contribution in [3.8, 4) is 0 Å². The Morgan fingerprint density at radius 2 is 1.81 bits per heavy atom. The summed E-state index contributed by atoms with van der Waals surface area (Å²) >= 11 is 0. The summed E-state index contributed by atoms with van der Waals surface area (Å²) < 4.78 is 19.0. The Kier molecular flexibility index (Phi) is 6.60. The third kappa shape index (κ3) is 5.36. The SMILES string of the molecule is CC(C)c1nnc(CN2CCCN(Cc3ccc(F)cc3)[C@@H](C(C)C)C2)o1. The molecule has 1 fully saturated rings. The summed E-state index contributed by atoms with van der Waals surface area (Å²) in [7, 11) is 0. The highest BCUT2D eigenvalue weighted by Crippen LogP contribution is 2.22. The van der Waals surface area contributed by atoms with Crippen LogP contribution in [0.1, 0.15) is 57.4 Å². The first-order valence-corrected chi connectivity index (χ1v) is 9.95. The molecular formula is C21H31FN4O. The van der Waals surface area contributed by atoms with Crippen molar-refractivity contribution in [1.82, 2.24) is 20.0 Å². The molecule has 5 nitrogen and oxygen atoms in total. The fourth-order valence-corrected chi connectivity index (χ4v) is 3.69. The van der Waals surface area contributed by atoms with E-state index in [9.17, 15) is 4.39 Å². The van der Waals surface area contributed by atoms with Crippen molar-refractivity contribution >= 4 is 0 Å². The van der Waals surface area contributed by atoms with Crippen LogP contribution in [-0.2, 0) is 13.1 Å². The molecule has 6 heteroatoms. The molecule has 0 bridgehead atoms. The standard InChI is InChI=1S/C21H31FN4O/c1-15(2)19-13-25(14-20-23-24-21(27-20)16(3)4)10-5-11-26(19)12-17-6-8-18(22)9-7-17/h6-9,15-16,19H,5,10-14H2,1-4H3/t19-/m1/s1. The summed E-state index contributed by atoms with van der Waals surface area (Å²) in [5.41, 5.74) is 1.16. The normalized spacial score (nSPS) is 19.7. The highest BCUT2D eigenvalue weighted by Gasteiger charge is 2.28. The molecule has 0 saturated carbocycles. The third-order valence-electron chi connectivity index (χ3n) is 5.24. The molecule has 1 aliphatic rings. The second-order valence-electron chi connectivity index (χ2n) is 8.19. The maximum atomic E-state index is 13.2. The molecule has 1 aliphatic heterocycles. The van der Waals surface area contributed by atoms with Crippen LogP contribution in [0.5, 0.6) is 0 Å². The van der Waals surface area contributed by atoms with Crippen LogP contribution < -0.4 is 0 Å². The number of aromatic nitrogens is 2. The molecule has 2 aromatic rings. The Morgan fingerprint density at radius 1 is 1.07 bits per heavy atom. The van der Waals surface area contributed by atoms with E-state index >= 15 is 0 Å². The Balaban J connectivity index is 1.67. The molecule has 0 spiro atoms. The first kappa shape index (κ1) is 20.0. The average molecular weight is 375 g/mol. The topological polar surface area (TPSA) is 45.4 Å². The molecule has 2 heterocycles. The van der Waals surface area contributed by atoms with Gasteiger partial charge in [0.1, 0.15) is 5.82 Å². The Hall–Kier alpha value is -1.79. The van der Waals surface area contributed by atoms with Gasteiger partial charge in [-0.3, -0.25) is 9.80 Å². The largest absolute Gasteiger partial charge is 0.424 e. The van der Waals surface area contributed by atoms with Crippen molar-refractivity contribution in [2.24, 2.45) is 5.92 Å². The van der Waals surface area contributed by atoms with Gasteiger partial charge < -0.3 is 4.42 Å². The fourth-order valence-electron chi connectivity index (χ4n) is 3.69. The summed E-state index contributed by atoms with van der Waals surface area (Å²) in [6, 6.07) is 7.31.